The molecule has 2 atom stereocenters. The number of aliphatic hydroxyl groups excluding tert-OH is 1. The van der Waals surface area contributed by atoms with Crippen LogP contribution in [-0.2, 0) is 16.3 Å². The van der Waals surface area contributed by atoms with E-state index in [1.807, 2.05) is 24.3 Å². The molecule has 18 heavy (non-hydrogen) atoms. The predicted octanol–water partition coefficient (Wildman–Crippen LogP) is 2.02. The van der Waals surface area contributed by atoms with Crippen molar-refractivity contribution in [1.82, 2.24) is 0 Å². The van der Waals surface area contributed by atoms with Gasteiger partial charge in [0, 0.05) is 3.57 Å². The van der Waals surface area contributed by atoms with Gasteiger partial charge in [-0.3, -0.25) is 0 Å². The molecule has 1 heterocycles. The lowest BCUT2D eigenvalue weighted by molar-refractivity contribution is 0.147. The maximum atomic E-state index is 11.3. The van der Waals surface area contributed by atoms with Crippen LogP contribution >= 0.6 is 22.6 Å². The molecule has 0 bridgehead atoms. The summed E-state index contributed by atoms with van der Waals surface area (Å²) in [5, 5.41) is 10.0. The molecule has 5 heteroatoms. The number of aliphatic hydroxyl groups is 1. The van der Waals surface area contributed by atoms with Gasteiger partial charge in [-0.05, 0) is 65.5 Å². The predicted molar refractivity (Wildman–Crippen MR) is 80.2 cm³/mol. The van der Waals surface area contributed by atoms with Gasteiger partial charge in [0.25, 0.3) is 0 Å². The zero-order valence-corrected chi connectivity index (χ0v) is 13.0. The van der Waals surface area contributed by atoms with Gasteiger partial charge in [-0.1, -0.05) is 12.1 Å². The third-order valence-corrected chi connectivity index (χ3v) is 5.87. The minimum atomic E-state index is -2.83. The van der Waals surface area contributed by atoms with Crippen LogP contribution in [0.15, 0.2) is 24.3 Å². The van der Waals surface area contributed by atoms with E-state index in [9.17, 15) is 13.5 Å². The van der Waals surface area contributed by atoms with Crippen molar-refractivity contribution >= 4 is 32.4 Å². The van der Waals surface area contributed by atoms with Crippen LogP contribution in [0.3, 0.4) is 0 Å². The standard InChI is InChI=1S/C13H17IO3S/c14-12-3-1-10(2-4-12)7-13(15)8-11-5-6-18(16,17)9-11/h1-4,11,13,15H,5-9H2. The van der Waals surface area contributed by atoms with Crippen molar-refractivity contribution in [3.8, 4) is 0 Å². The average Bonchev–Trinajstić information content (AvgIpc) is 2.61. The lowest BCUT2D eigenvalue weighted by Crippen LogP contribution is -2.17. The normalized spacial score (nSPS) is 24.0. The quantitative estimate of drug-likeness (QED) is 0.814. The molecule has 3 nitrogen and oxygen atoms in total. The first kappa shape index (κ1) is 14.3. The Morgan fingerprint density at radius 3 is 2.56 bits per heavy atom. The molecule has 2 rings (SSSR count). The third-order valence-electron chi connectivity index (χ3n) is 3.32. The van der Waals surface area contributed by atoms with Crippen molar-refractivity contribution in [2.45, 2.75) is 25.4 Å². The highest BCUT2D eigenvalue weighted by Gasteiger charge is 2.29. The maximum absolute atomic E-state index is 11.3. The first-order valence-corrected chi connectivity index (χ1v) is 8.97. The van der Waals surface area contributed by atoms with Gasteiger partial charge in [0.1, 0.15) is 0 Å². The first-order valence-electron chi connectivity index (χ1n) is 6.07. The van der Waals surface area contributed by atoms with Gasteiger partial charge in [0.2, 0.25) is 0 Å². The van der Waals surface area contributed by atoms with E-state index in [4.69, 9.17) is 0 Å². The second kappa shape index (κ2) is 5.88. The molecule has 2 unspecified atom stereocenters. The summed E-state index contributed by atoms with van der Waals surface area (Å²) in [5.74, 6) is 0.666. The van der Waals surface area contributed by atoms with Crippen LogP contribution < -0.4 is 0 Å². The fraction of sp³-hybridized carbons (Fsp3) is 0.538. The van der Waals surface area contributed by atoms with Gasteiger partial charge in [-0.15, -0.1) is 0 Å². The molecular weight excluding hydrogens is 363 g/mol. The molecule has 0 radical (unpaired) electrons. The minimum absolute atomic E-state index is 0.133. The van der Waals surface area contributed by atoms with E-state index in [0.29, 0.717) is 19.3 Å². The largest absolute Gasteiger partial charge is 0.393 e. The summed E-state index contributed by atoms with van der Waals surface area (Å²) in [6.45, 7) is 0. The molecule has 1 aromatic carbocycles. The van der Waals surface area contributed by atoms with E-state index >= 15 is 0 Å². The molecule has 0 saturated carbocycles. The fourth-order valence-corrected chi connectivity index (χ4v) is 4.66. The van der Waals surface area contributed by atoms with Crippen LogP contribution in [-0.4, -0.2) is 31.1 Å². The smallest absolute Gasteiger partial charge is 0.150 e. The highest BCUT2D eigenvalue weighted by atomic mass is 127. The van der Waals surface area contributed by atoms with Crippen molar-refractivity contribution in [3.05, 3.63) is 33.4 Å². The Balaban J connectivity index is 1.86. The maximum Gasteiger partial charge on any atom is 0.150 e. The van der Waals surface area contributed by atoms with E-state index in [1.54, 1.807) is 0 Å². The summed E-state index contributed by atoms with van der Waals surface area (Å²) in [6, 6.07) is 8.05. The minimum Gasteiger partial charge on any atom is -0.393 e. The highest BCUT2D eigenvalue weighted by Crippen LogP contribution is 2.24. The van der Waals surface area contributed by atoms with Gasteiger partial charge in [-0.25, -0.2) is 8.42 Å². The van der Waals surface area contributed by atoms with Crippen LogP contribution in [0.25, 0.3) is 0 Å². The summed E-state index contributed by atoms with van der Waals surface area (Å²) in [4.78, 5) is 0. The Bertz CT molecular complexity index is 495. The van der Waals surface area contributed by atoms with E-state index in [2.05, 4.69) is 22.6 Å². The zero-order valence-electron chi connectivity index (χ0n) is 10.0. The molecule has 0 aromatic heterocycles. The highest BCUT2D eigenvalue weighted by molar-refractivity contribution is 14.1. The molecule has 1 saturated heterocycles. The van der Waals surface area contributed by atoms with Gasteiger partial charge in [0.05, 0.1) is 17.6 Å². The first-order chi connectivity index (χ1) is 8.44. The Kier molecular flexibility index (Phi) is 4.66. The van der Waals surface area contributed by atoms with Gasteiger partial charge >= 0.3 is 0 Å². The number of sulfone groups is 1. The third kappa shape index (κ3) is 4.20. The molecule has 0 aliphatic carbocycles. The molecule has 0 amide bonds. The van der Waals surface area contributed by atoms with Gasteiger partial charge < -0.3 is 5.11 Å². The number of hydrogen-bond acceptors (Lipinski definition) is 3. The monoisotopic (exact) mass is 380 g/mol. The molecule has 1 aliphatic heterocycles. The molecule has 1 N–H and O–H groups in total. The van der Waals surface area contributed by atoms with E-state index in [1.165, 1.54) is 3.57 Å². The summed E-state index contributed by atoms with van der Waals surface area (Å²) >= 11 is 2.24. The van der Waals surface area contributed by atoms with Crippen molar-refractivity contribution in [3.63, 3.8) is 0 Å². The van der Waals surface area contributed by atoms with Crippen LogP contribution in [0.2, 0.25) is 0 Å². The molecule has 1 fully saturated rings. The zero-order chi connectivity index (χ0) is 13.2. The van der Waals surface area contributed by atoms with Crippen LogP contribution in [0.5, 0.6) is 0 Å². The molecule has 0 spiro atoms. The molecule has 1 aliphatic rings. The van der Waals surface area contributed by atoms with Crippen LogP contribution in [0, 0.1) is 9.49 Å². The van der Waals surface area contributed by atoms with Crippen LogP contribution in [0.4, 0.5) is 0 Å². The van der Waals surface area contributed by atoms with Gasteiger partial charge in [0.15, 0.2) is 9.84 Å². The SMILES string of the molecule is O=S1(=O)CCC(CC(O)Cc2ccc(I)cc2)C1. The van der Waals surface area contributed by atoms with Crippen molar-refractivity contribution in [2.24, 2.45) is 5.92 Å². The van der Waals surface area contributed by atoms with E-state index in [0.717, 1.165) is 5.56 Å². The summed E-state index contributed by atoms with van der Waals surface area (Å²) in [6.07, 6.45) is 1.45. The van der Waals surface area contributed by atoms with Crippen molar-refractivity contribution < 1.29 is 13.5 Å². The molecule has 100 valence electrons. The second-order valence-electron chi connectivity index (χ2n) is 4.99. The van der Waals surface area contributed by atoms with E-state index < -0.39 is 15.9 Å². The molecular formula is C13H17IO3S. The summed E-state index contributed by atoms with van der Waals surface area (Å²) in [7, 11) is -2.83. The summed E-state index contributed by atoms with van der Waals surface area (Å²) < 4.78 is 23.8. The van der Waals surface area contributed by atoms with Crippen molar-refractivity contribution in [2.75, 3.05) is 11.5 Å². The topological polar surface area (TPSA) is 54.4 Å². The Morgan fingerprint density at radius 1 is 1.33 bits per heavy atom. The fourth-order valence-electron chi connectivity index (χ4n) is 2.42. The average molecular weight is 380 g/mol. The number of benzene rings is 1. The Morgan fingerprint density at radius 2 is 2.00 bits per heavy atom. The summed E-state index contributed by atoms with van der Waals surface area (Å²) in [5.41, 5.74) is 1.10. The Hall–Kier alpha value is -0.140. The van der Waals surface area contributed by atoms with Gasteiger partial charge in [-0.2, -0.15) is 0 Å². The number of halogens is 1. The molecule has 1 aromatic rings. The Labute approximate surface area is 122 Å². The second-order valence-corrected chi connectivity index (χ2v) is 8.46. The van der Waals surface area contributed by atoms with E-state index in [-0.39, 0.29) is 17.4 Å². The number of rotatable bonds is 4. The lowest BCUT2D eigenvalue weighted by atomic mass is 9.97. The lowest BCUT2D eigenvalue weighted by Gasteiger charge is -2.14. The van der Waals surface area contributed by atoms with Crippen molar-refractivity contribution in [1.29, 1.82) is 0 Å². The van der Waals surface area contributed by atoms with Crippen LogP contribution in [0.1, 0.15) is 18.4 Å². The number of hydrogen-bond donors (Lipinski definition) is 1.